The van der Waals surface area contributed by atoms with Gasteiger partial charge in [-0.1, -0.05) is 30.3 Å². The molecule has 3 saturated heterocycles. The minimum absolute atomic E-state index is 0.0115. The monoisotopic (exact) mass is 385 g/mol. The molecule has 0 spiro atoms. The number of hydrogen-bond donors (Lipinski definition) is 0. The first kappa shape index (κ1) is 18.9. The van der Waals surface area contributed by atoms with Gasteiger partial charge >= 0.3 is 0 Å². The maximum absolute atomic E-state index is 13.3. The van der Waals surface area contributed by atoms with E-state index in [4.69, 9.17) is 4.74 Å². The number of ether oxygens (including phenoxy) is 1. The van der Waals surface area contributed by atoms with Crippen LogP contribution in [0.3, 0.4) is 0 Å². The lowest BCUT2D eigenvalue weighted by atomic mass is 10.1. The van der Waals surface area contributed by atoms with E-state index in [1.54, 1.807) is 14.7 Å². The van der Waals surface area contributed by atoms with Crippen molar-refractivity contribution in [2.45, 2.75) is 44.3 Å². The van der Waals surface area contributed by atoms with Gasteiger partial charge in [0.25, 0.3) is 0 Å². The van der Waals surface area contributed by atoms with Gasteiger partial charge in [0.05, 0.1) is 13.2 Å². The largest absolute Gasteiger partial charge is 0.378 e. The van der Waals surface area contributed by atoms with E-state index >= 15 is 0 Å². The number of hydrogen-bond acceptors (Lipinski definition) is 4. The lowest BCUT2D eigenvalue weighted by molar-refractivity contribution is -0.149. The Labute approximate surface area is 165 Å². The second-order valence-electron chi connectivity index (χ2n) is 7.69. The van der Waals surface area contributed by atoms with Gasteiger partial charge in [0, 0.05) is 32.6 Å². The first-order chi connectivity index (χ1) is 13.6. The zero-order valence-corrected chi connectivity index (χ0v) is 16.1. The molecule has 0 N–H and O–H groups in total. The second kappa shape index (κ2) is 8.31. The summed E-state index contributed by atoms with van der Waals surface area (Å²) in [5.41, 5.74) is 1.01. The molecule has 7 nitrogen and oxygen atoms in total. The molecular weight excluding hydrogens is 358 g/mol. The number of carbonyl (C=O) groups excluding carboxylic acids is 3. The molecule has 1 aromatic rings. The maximum atomic E-state index is 13.3. The van der Waals surface area contributed by atoms with Crippen LogP contribution in [0.2, 0.25) is 0 Å². The van der Waals surface area contributed by atoms with Gasteiger partial charge in [-0.15, -0.1) is 0 Å². The highest BCUT2D eigenvalue weighted by Gasteiger charge is 2.43. The van der Waals surface area contributed by atoms with Crippen molar-refractivity contribution >= 4 is 17.7 Å². The van der Waals surface area contributed by atoms with E-state index in [-0.39, 0.29) is 17.7 Å². The quantitative estimate of drug-likeness (QED) is 0.776. The molecule has 0 bridgehead atoms. The van der Waals surface area contributed by atoms with E-state index in [0.29, 0.717) is 58.7 Å². The van der Waals surface area contributed by atoms with Crippen LogP contribution in [0.25, 0.3) is 0 Å². The molecule has 150 valence electrons. The maximum Gasteiger partial charge on any atom is 0.246 e. The van der Waals surface area contributed by atoms with Crippen LogP contribution < -0.4 is 0 Å². The Morgan fingerprint density at radius 2 is 1.71 bits per heavy atom. The van der Waals surface area contributed by atoms with Crippen LogP contribution in [-0.2, 0) is 25.7 Å². The minimum Gasteiger partial charge on any atom is -0.378 e. The van der Waals surface area contributed by atoms with E-state index < -0.39 is 12.1 Å². The van der Waals surface area contributed by atoms with E-state index in [2.05, 4.69) is 0 Å². The summed E-state index contributed by atoms with van der Waals surface area (Å²) in [5, 5.41) is 0. The summed E-state index contributed by atoms with van der Waals surface area (Å²) in [6.07, 6.45) is 2.44. The van der Waals surface area contributed by atoms with Crippen molar-refractivity contribution in [3.8, 4) is 0 Å². The molecule has 0 saturated carbocycles. The molecule has 7 heteroatoms. The second-order valence-corrected chi connectivity index (χ2v) is 7.69. The Balaban J connectivity index is 1.47. The Kier molecular flexibility index (Phi) is 5.62. The van der Waals surface area contributed by atoms with Crippen molar-refractivity contribution in [2.24, 2.45) is 0 Å². The standard InChI is InChI=1S/C21H27N3O4/c25-19-9-8-18(24(19)15-16-5-2-1-3-6-16)21(27)23-10-4-7-17(23)20(26)22-11-13-28-14-12-22/h1-3,5-6,17-18H,4,7-15H2. The number of morpholine rings is 1. The molecular formula is C21H27N3O4. The fraction of sp³-hybridized carbons (Fsp3) is 0.571. The lowest BCUT2D eigenvalue weighted by Gasteiger charge is -2.34. The highest BCUT2D eigenvalue weighted by molar-refractivity contribution is 5.94. The average molecular weight is 385 g/mol. The summed E-state index contributed by atoms with van der Waals surface area (Å²) in [5.74, 6) is -0.0450. The highest BCUT2D eigenvalue weighted by Crippen LogP contribution is 2.27. The molecule has 28 heavy (non-hydrogen) atoms. The van der Waals surface area contributed by atoms with E-state index in [9.17, 15) is 14.4 Å². The van der Waals surface area contributed by atoms with Gasteiger partial charge < -0.3 is 19.4 Å². The predicted molar refractivity (Wildman–Crippen MR) is 102 cm³/mol. The first-order valence-electron chi connectivity index (χ1n) is 10.2. The molecule has 0 radical (unpaired) electrons. The summed E-state index contributed by atoms with van der Waals surface area (Å²) in [6, 6.07) is 8.87. The van der Waals surface area contributed by atoms with Crippen molar-refractivity contribution in [1.29, 1.82) is 0 Å². The highest BCUT2D eigenvalue weighted by atomic mass is 16.5. The van der Waals surface area contributed by atoms with Gasteiger partial charge in [-0.05, 0) is 24.8 Å². The molecule has 3 heterocycles. The Morgan fingerprint density at radius 3 is 2.46 bits per heavy atom. The topological polar surface area (TPSA) is 70.2 Å². The third-order valence-corrected chi connectivity index (χ3v) is 5.95. The zero-order valence-electron chi connectivity index (χ0n) is 16.1. The number of likely N-dealkylation sites (tertiary alicyclic amines) is 2. The van der Waals surface area contributed by atoms with Crippen molar-refractivity contribution < 1.29 is 19.1 Å². The Hall–Kier alpha value is -2.41. The van der Waals surface area contributed by atoms with Crippen LogP contribution in [0.15, 0.2) is 30.3 Å². The summed E-state index contributed by atoms with van der Waals surface area (Å²) < 4.78 is 5.33. The molecule has 2 unspecified atom stereocenters. The third-order valence-electron chi connectivity index (χ3n) is 5.95. The first-order valence-corrected chi connectivity index (χ1v) is 10.2. The predicted octanol–water partition coefficient (Wildman–Crippen LogP) is 1.03. The average Bonchev–Trinajstić information content (AvgIpc) is 3.36. The molecule has 3 aliphatic heterocycles. The van der Waals surface area contributed by atoms with Crippen LogP contribution in [0.4, 0.5) is 0 Å². The molecule has 0 aromatic heterocycles. The van der Waals surface area contributed by atoms with Crippen LogP contribution >= 0.6 is 0 Å². The van der Waals surface area contributed by atoms with E-state index in [1.807, 2.05) is 30.3 Å². The van der Waals surface area contributed by atoms with Gasteiger partial charge in [-0.25, -0.2) is 0 Å². The Morgan fingerprint density at radius 1 is 0.964 bits per heavy atom. The smallest absolute Gasteiger partial charge is 0.246 e. The number of rotatable bonds is 4. The molecule has 3 aliphatic rings. The normalized spacial score (nSPS) is 25.4. The zero-order chi connectivity index (χ0) is 19.5. The van der Waals surface area contributed by atoms with E-state index in [0.717, 1.165) is 12.0 Å². The number of amides is 3. The fourth-order valence-electron chi connectivity index (χ4n) is 4.44. The van der Waals surface area contributed by atoms with Crippen molar-refractivity contribution in [3.05, 3.63) is 35.9 Å². The van der Waals surface area contributed by atoms with Crippen molar-refractivity contribution in [1.82, 2.24) is 14.7 Å². The van der Waals surface area contributed by atoms with Crippen molar-refractivity contribution in [3.63, 3.8) is 0 Å². The molecule has 4 rings (SSSR count). The fourth-order valence-corrected chi connectivity index (χ4v) is 4.44. The van der Waals surface area contributed by atoms with Gasteiger partial charge in [0.15, 0.2) is 0 Å². The minimum atomic E-state index is -0.467. The van der Waals surface area contributed by atoms with Crippen LogP contribution in [0.1, 0.15) is 31.2 Å². The van der Waals surface area contributed by atoms with Gasteiger partial charge in [-0.2, -0.15) is 0 Å². The van der Waals surface area contributed by atoms with Crippen LogP contribution in [-0.4, -0.2) is 77.4 Å². The van der Waals surface area contributed by atoms with Crippen LogP contribution in [0.5, 0.6) is 0 Å². The lowest BCUT2D eigenvalue weighted by Crippen LogP contribution is -2.54. The number of carbonyl (C=O) groups is 3. The number of nitrogens with zero attached hydrogens (tertiary/aromatic N) is 3. The summed E-state index contributed by atoms with van der Waals surface area (Å²) in [4.78, 5) is 43.9. The third kappa shape index (κ3) is 3.76. The molecule has 3 amide bonds. The van der Waals surface area contributed by atoms with E-state index in [1.165, 1.54) is 0 Å². The molecule has 1 aromatic carbocycles. The molecule has 3 fully saturated rings. The number of benzene rings is 1. The van der Waals surface area contributed by atoms with Crippen LogP contribution in [0, 0.1) is 0 Å². The summed E-state index contributed by atoms with van der Waals surface area (Å²) in [6.45, 7) is 3.29. The Bertz CT molecular complexity index is 732. The summed E-state index contributed by atoms with van der Waals surface area (Å²) in [7, 11) is 0. The molecule has 0 aliphatic carbocycles. The van der Waals surface area contributed by atoms with Gasteiger partial charge in [-0.3, -0.25) is 14.4 Å². The SMILES string of the molecule is O=C(C1CCCN1C(=O)C1CCC(=O)N1Cc1ccccc1)N1CCOCC1. The molecule has 2 atom stereocenters. The van der Waals surface area contributed by atoms with Gasteiger partial charge in [0.2, 0.25) is 17.7 Å². The van der Waals surface area contributed by atoms with Crippen molar-refractivity contribution in [2.75, 3.05) is 32.8 Å². The summed E-state index contributed by atoms with van der Waals surface area (Å²) >= 11 is 0. The van der Waals surface area contributed by atoms with Gasteiger partial charge in [0.1, 0.15) is 12.1 Å².